The molecule has 1 aliphatic rings. The summed E-state index contributed by atoms with van der Waals surface area (Å²) in [5.41, 5.74) is -2.89. The summed E-state index contributed by atoms with van der Waals surface area (Å²) in [6.45, 7) is 2.44. The van der Waals surface area contributed by atoms with E-state index >= 15 is 0 Å². The van der Waals surface area contributed by atoms with Gasteiger partial charge < -0.3 is 20.4 Å². The molecule has 22 heavy (non-hydrogen) atoms. The summed E-state index contributed by atoms with van der Waals surface area (Å²) in [5, 5.41) is 20.9. The van der Waals surface area contributed by atoms with E-state index in [1.807, 2.05) is 13.8 Å². The number of nitrogens with zero attached hydrogens (tertiary/aromatic N) is 1. The first-order valence-electron chi connectivity index (χ1n) is 7.01. The van der Waals surface area contributed by atoms with Gasteiger partial charge >= 0.3 is 18.2 Å². The predicted octanol–water partition coefficient (Wildman–Crippen LogP) is 1.44. The first-order valence-corrected chi connectivity index (χ1v) is 7.01. The number of urea groups is 1. The fourth-order valence-electron chi connectivity index (χ4n) is 2.36. The van der Waals surface area contributed by atoms with Gasteiger partial charge in [0, 0.05) is 19.5 Å². The monoisotopic (exact) mass is 326 g/mol. The van der Waals surface area contributed by atoms with Gasteiger partial charge in [-0.1, -0.05) is 13.8 Å². The zero-order valence-corrected chi connectivity index (χ0v) is 12.5. The fourth-order valence-corrected chi connectivity index (χ4v) is 2.36. The molecule has 1 fully saturated rings. The third-order valence-electron chi connectivity index (χ3n) is 3.67. The largest absolute Gasteiger partial charge is 0.481 e. The summed E-state index contributed by atoms with van der Waals surface area (Å²) in [4.78, 5) is 23.7. The van der Waals surface area contributed by atoms with Crippen molar-refractivity contribution in [3.8, 4) is 0 Å². The van der Waals surface area contributed by atoms with Crippen LogP contribution in [0.5, 0.6) is 0 Å². The van der Waals surface area contributed by atoms with Crippen molar-refractivity contribution < 1.29 is 33.0 Å². The molecule has 2 unspecified atom stereocenters. The Labute approximate surface area is 126 Å². The minimum Gasteiger partial charge on any atom is -0.481 e. The number of aliphatic hydroxyl groups is 1. The Morgan fingerprint density at radius 1 is 1.36 bits per heavy atom. The SMILES string of the molecule is CC(C)CC(CNC(=O)N1CCC(O)(C(F)(F)F)C1)C(=O)O. The van der Waals surface area contributed by atoms with Crippen LogP contribution in [0.3, 0.4) is 0 Å². The molecule has 1 heterocycles. The van der Waals surface area contributed by atoms with Gasteiger partial charge in [-0.3, -0.25) is 4.79 Å². The maximum absolute atomic E-state index is 12.7. The van der Waals surface area contributed by atoms with Crippen molar-refractivity contribution in [3.63, 3.8) is 0 Å². The predicted molar refractivity (Wildman–Crippen MR) is 71.2 cm³/mol. The molecular weight excluding hydrogens is 305 g/mol. The number of halogens is 3. The second-order valence-corrected chi connectivity index (χ2v) is 6.05. The lowest BCUT2D eigenvalue weighted by molar-refractivity contribution is -0.253. The molecule has 2 atom stereocenters. The second kappa shape index (κ2) is 6.72. The van der Waals surface area contributed by atoms with Crippen molar-refractivity contribution in [1.29, 1.82) is 0 Å². The smallest absolute Gasteiger partial charge is 0.419 e. The van der Waals surface area contributed by atoms with Crippen LogP contribution in [0, 0.1) is 11.8 Å². The Morgan fingerprint density at radius 3 is 2.36 bits per heavy atom. The van der Waals surface area contributed by atoms with Crippen molar-refractivity contribution in [2.24, 2.45) is 11.8 Å². The molecule has 1 rings (SSSR count). The van der Waals surface area contributed by atoms with Gasteiger partial charge in [-0.05, 0) is 12.3 Å². The maximum Gasteiger partial charge on any atom is 0.419 e. The van der Waals surface area contributed by atoms with Gasteiger partial charge in [-0.25, -0.2) is 4.79 Å². The maximum atomic E-state index is 12.7. The van der Waals surface area contributed by atoms with E-state index < -0.39 is 42.7 Å². The molecule has 0 spiro atoms. The molecule has 0 aromatic rings. The van der Waals surface area contributed by atoms with E-state index in [4.69, 9.17) is 5.11 Å². The van der Waals surface area contributed by atoms with Crippen LogP contribution < -0.4 is 5.32 Å². The van der Waals surface area contributed by atoms with Crippen molar-refractivity contribution in [3.05, 3.63) is 0 Å². The summed E-state index contributed by atoms with van der Waals surface area (Å²) in [7, 11) is 0. The van der Waals surface area contributed by atoms with Gasteiger partial charge in [-0.15, -0.1) is 0 Å². The number of aliphatic carboxylic acids is 1. The van der Waals surface area contributed by atoms with Crippen molar-refractivity contribution in [2.45, 2.75) is 38.5 Å². The molecule has 0 aromatic heterocycles. The first-order chi connectivity index (χ1) is 9.96. The molecule has 128 valence electrons. The summed E-state index contributed by atoms with van der Waals surface area (Å²) >= 11 is 0. The Kier molecular flexibility index (Phi) is 5.66. The first kappa shape index (κ1) is 18.5. The van der Waals surface area contributed by atoms with Crippen molar-refractivity contribution >= 4 is 12.0 Å². The van der Waals surface area contributed by atoms with Gasteiger partial charge in [0.25, 0.3) is 0 Å². The Hall–Kier alpha value is -1.51. The van der Waals surface area contributed by atoms with Crippen LogP contribution in [-0.2, 0) is 4.79 Å². The molecule has 9 heteroatoms. The minimum atomic E-state index is -4.80. The zero-order valence-electron chi connectivity index (χ0n) is 12.5. The normalized spacial score (nSPS) is 23.7. The molecule has 0 saturated carbocycles. The average molecular weight is 326 g/mol. The van der Waals surface area contributed by atoms with E-state index in [0.717, 1.165) is 4.90 Å². The van der Waals surface area contributed by atoms with E-state index in [0.29, 0.717) is 6.42 Å². The van der Waals surface area contributed by atoms with Gasteiger partial charge in [0.05, 0.1) is 12.5 Å². The highest BCUT2D eigenvalue weighted by molar-refractivity contribution is 5.76. The molecule has 0 bridgehead atoms. The van der Waals surface area contributed by atoms with Crippen molar-refractivity contribution in [1.82, 2.24) is 10.2 Å². The molecule has 6 nitrogen and oxygen atoms in total. The average Bonchev–Trinajstić information content (AvgIpc) is 2.77. The molecule has 0 aliphatic carbocycles. The standard InChI is InChI=1S/C13H21F3N2O4/c1-8(2)5-9(10(19)20)6-17-11(21)18-4-3-12(22,7-18)13(14,15)16/h8-9,22H,3-7H2,1-2H3,(H,17,21)(H,19,20). The Balaban J connectivity index is 2.55. The lowest BCUT2D eigenvalue weighted by atomic mass is 9.97. The number of carboxylic acid groups (broad SMARTS) is 1. The van der Waals surface area contributed by atoms with Gasteiger partial charge in [0.2, 0.25) is 0 Å². The quantitative estimate of drug-likeness (QED) is 0.713. The topological polar surface area (TPSA) is 89.9 Å². The summed E-state index contributed by atoms with van der Waals surface area (Å²) < 4.78 is 38.0. The lowest BCUT2D eigenvalue weighted by Crippen LogP contribution is -2.49. The van der Waals surface area contributed by atoms with Crippen molar-refractivity contribution in [2.75, 3.05) is 19.6 Å². The van der Waals surface area contributed by atoms with Crippen LogP contribution >= 0.6 is 0 Å². The number of rotatable bonds is 5. The summed E-state index contributed by atoms with van der Waals surface area (Å²) in [6.07, 6.45) is -5.04. The van der Waals surface area contributed by atoms with E-state index in [1.165, 1.54) is 0 Å². The third-order valence-corrected chi connectivity index (χ3v) is 3.67. The third kappa shape index (κ3) is 4.49. The molecule has 0 radical (unpaired) electrons. The molecular formula is C13H21F3N2O4. The van der Waals surface area contributed by atoms with Crippen LogP contribution in [0.4, 0.5) is 18.0 Å². The Bertz CT molecular complexity index is 428. The molecule has 1 aliphatic heterocycles. The van der Waals surface area contributed by atoms with E-state index in [-0.39, 0.29) is 19.0 Å². The number of hydrogen-bond acceptors (Lipinski definition) is 3. The number of likely N-dealkylation sites (tertiary alicyclic amines) is 1. The highest BCUT2D eigenvalue weighted by Gasteiger charge is 2.57. The van der Waals surface area contributed by atoms with Gasteiger partial charge in [0.1, 0.15) is 0 Å². The fraction of sp³-hybridized carbons (Fsp3) is 0.846. The molecule has 3 N–H and O–H groups in total. The second-order valence-electron chi connectivity index (χ2n) is 6.05. The summed E-state index contributed by atoms with van der Waals surface area (Å²) in [6, 6.07) is -0.796. The highest BCUT2D eigenvalue weighted by atomic mass is 19.4. The van der Waals surface area contributed by atoms with E-state index in [9.17, 15) is 27.9 Å². The van der Waals surface area contributed by atoms with E-state index in [1.54, 1.807) is 0 Å². The molecule has 0 aromatic carbocycles. The summed E-state index contributed by atoms with van der Waals surface area (Å²) in [5.74, 6) is -1.75. The van der Waals surface area contributed by atoms with Crippen LogP contribution in [0.1, 0.15) is 26.7 Å². The number of β-amino-alcohol motifs (C(OH)–C–C–N with tert-alkyl or cyclic N) is 1. The van der Waals surface area contributed by atoms with Gasteiger partial charge in [-0.2, -0.15) is 13.2 Å². The zero-order chi connectivity index (χ0) is 17.1. The number of carbonyl (C=O) groups is 2. The minimum absolute atomic E-state index is 0.111. The number of alkyl halides is 3. The lowest BCUT2D eigenvalue weighted by Gasteiger charge is -2.26. The van der Waals surface area contributed by atoms with Crippen LogP contribution in [0.15, 0.2) is 0 Å². The number of nitrogens with one attached hydrogen (secondary N) is 1. The Morgan fingerprint density at radius 2 is 1.95 bits per heavy atom. The number of carboxylic acids is 1. The van der Waals surface area contributed by atoms with Gasteiger partial charge in [0.15, 0.2) is 5.60 Å². The van der Waals surface area contributed by atoms with Crippen LogP contribution in [0.2, 0.25) is 0 Å². The van der Waals surface area contributed by atoms with E-state index in [2.05, 4.69) is 5.32 Å². The molecule has 2 amide bonds. The van der Waals surface area contributed by atoms with Crippen LogP contribution in [0.25, 0.3) is 0 Å². The molecule has 1 saturated heterocycles. The van der Waals surface area contributed by atoms with Crippen LogP contribution in [-0.4, -0.2) is 58.5 Å². The number of hydrogen-bond donors (Lipinski definition) is 3. The number of amides is 2. The highest BCUT2D eigenvalue weighted by Crippen LogP contribution is 2.37. The number of carbonyl (C=O) groups excluding carboxylic acids is 1.